The summed E-state index contributed by atoms with van der Waals surface area (Å²) in [4.78, 5) is 25.1. The summed E-state index contributed by atoms with van der Waals surface area (Å²) in [5.41, 5.74) is 0. The number of urea groups is 1. The highest BCUT2D eigenvalue weighted by Gasteiger charge is 2.30. The maximum absolute atomic E-state index is 12.2. The highest BCUT2D eigenvalue weighted by molar-refractivity contribution is 5.82. The largest absolute Gasteiger partial charge is 0.480 e. The van der Waals surface area contributed by atoms with E-state index in [4.69, 9.17) is 5.11 Å². The topological polar surface area (TPSA) is 69.6 Å². The van der Waals surface area contributed by atoms with Crippen LogP contribution in [-0.2, 0) is 4.79 Å². The molecule has 2 amide bonds. The van der Waals surface area contributed by atoms with Crippen molar-refractivity contribution < 1.29 is 14.7 Å². The summed E-state index contributed by atoms with van der Waals surface area (Å²) in [5.74, 6) is -0.258. The Morgan fingerprint density at radius 1 is 1.37 bits per heavy atom. The quantitative estimate of drug-likeness (QED) is 0.823. The number of carbonyl (C=O) groups excluding carboxylic acids is 1. The molecular weight excluding hydrogens is 244 g/mol. The van der Waals surface area contributed by atoms with Gasteiger partial charge in [-0.2, -0.15) is 0 Å². The molecule has 5 nitrogen and oxygen atoms in total. The molecule has 0 aliphatic carbocycles. The molecule has 5 heteroatoms. The number of hydrogen-bond donors (Lipinski definition) is 2. The lowest BCUT2D eigenvalue weighted by Crippen LogP contribution is -2.54. The molecule has 1 heterocycles. The molecule has 0 aromatic carbocycles. The molecule has 3 unspecified atom stereocenters. The van der Waals surface area contributed by atoms with Gasteiger partial charge in [0, 0.05) is 12.6 Å². The van der Waals surface area contributed by atoms with E-state index >= 15 is 0 Å². The fraction of sp³-hybridized carbons (Fsp3) is 0.857. The van der Waals surface area contributed by atoms with Crippen LogP contribution in [0.3, 0.4) is 0 Å². The van der Waals surface area contributed by atoms with Gasteiger partial charge >= 0.3 is 12.0 Å². The Bertz CT molecular complexity index is 331. The Morgan fingerprint density at radius 2 is 2.00 bits per heavy atom. The fourth-order valence-electron chi connectivity index (χ4n) is 2.55. The average molecular weight is 270 g/mol. The van der Waals surface area contributed by atoms with Gasteiger partial charge in [0.15, 0.2) is 0 Å². The molecular formula is C14H26N2O3. The Hall–Kier alpha value is -1.26. The normalized spacial score (nSPS) is 25.2. The molecule has 19 heavy (non-hydrogen) atoms. The van der Waals surface area contributed by atoms with E-state index in [2.05, 4.69) is 12.2 Å². The molecule has 1 saturated heterocycles. The molecule has 0 spiro atoms. The first-order chi connectivity index (χ1) is 8.82. The van der Waals surface area contributed by atoms with Crippen LogP contribution in [0.5, 0.6) is 0 Å². The third-order valence-corrected chi connectivity index (χ3v) is 3.94. The summed E-state index contributed by atoms with van der Waals surface area (Å²) in [5, 5.41) is 11.8. The van der Waals surface area contributed by atoms with Crippen LogP contribution in [0.4, 0.5) is 4.79 Å². The van der Waals surface area contributed by atoms with Gasteiger partial charge in [0.1, 0.15) is 6.04 Å². The second-order valence-corrected chi connectivity index (χ2v) is 6.02. The first-order valence-electron chi connectivity index (χ1n) is 7.12. The second-order valence-electron chi connectivity index (χ2n) is 6.02. The van der Waals surface area contributed by atoms with E-state index in [1.54, 1.807) is 4.90 Å². The minimum absolute atomic E-state index is 0.169. The first-order valence-corrected chi connectivity index (χ1v) is 7.12. The zero-order chi connectivity index (χ0) is 14.6. The summed E-state index contributed by atoms with van der Waals surface area (Å²) in [6.45, 7) is 8.78. The van der Waals surface area contributed by atoms with Gasteiger partial charge in [-0.25, -0.2) is 9.59 Å². The number of nitrogens with one attached hydrogen (secondary N) is 1. The van der Waals surface area contributed by atoms with Gasteiger partial charge in [0.05, 0.1) is 0 Å². The fourth-order valence-corrected chi connectivity index (χ4v) is 2.55. The van der Waals surface area contributed by atoms with Gasteiger partial charge in [0.25, 0.3) is 0 Å². The molecule has 1 fully saturated rings. The maximum Gasteiger partial charge on any atom is 0.326 e. The van der Waals surface area contributed by atoms with Crippen LogP contribution in [0.1, 0.15) is 47.0 Å². The summed E-state index contributed by atoms with van der Waals surface area (Å²) >= 11 is 0. The minimum Gasteiger partial charge on any atom is -0.480 e. The zero-order valence-electron chi connectivity index (χ0n) is 12.3. The summed E-state index contributed by atoms with van der Waals surface area (Å²) in [6.07, 6.45) is 2.57. The van der Waals surface area contributed by atoms with Crippen molar-refractivity contribution in [3.05, 3.63) is 0 Å². The van der Waals surface area contributed by atoms with Crippen LogP contribution in [0.25, 0.3) is 0 Å². The van der Waals surface area contributed by atoms with Gasteiger partial charge in [-0.1, -0.05) is 20.8 Å². The Labute approximate surface area is 115 Å². The molecule has 0 aromatic rings. The highest BCUT2D eigenvalue weighted by atomic mass is 16.4. The van der Waals surface area contributed by atoms with E-state index in [1.165, 1.54) is 0 Å². The standard InChI is InChI=1S/C14H26N2O3/c1-9(2)8-12(13(17)18)15-14(19)16-7-5-6-10(3)11(16)4/h9-12H,5-8H2,1-4H3,(H,15,19)(H,17,18). The lowest BCUT2D eigenvalue weighted by atomic mass is 9.92. The van der Waals surface area contributed by atoms with Crippen LogP contribution >= 0.6 is 0 Å². The molecule has 2 N–H and O–H groups in total. The van der Waals surface area contributed by atoms with E-state index in [-0.39, 0.29) is 18.0 Å². The van der Waals surface area contributed by atoms with Crippen molar-refractivity contribution >= 4 is 12.0 Å². The smallest absolute Gasteiger partial charge is 0.326 e. The lowest BCUT2D eigenvalue weighted by molar-refractivity contribution is -0.139. The number of rotatable bonds is 4. The predicted molar refractivity (Wildman–Crippen MR) is 74.0 cm³/mol. The van der Waals surface area contributed by atoms with Crippen molar-refractivity contribution in [2.45, 2.75) is 59.0 Å². The number of aliphatic carboxylic acids is 1. The predicted octanol–water partition coefficient (Wildman–Crippen LogP) is 2.32. The molecule has 1 rings (SSSR count). The number of carboxylic acid groups (broad SMARTS) is 1. The Morgan fingerprint density at radius 3 is 2.53 bits per heavy atom. The van der Waals surface area contributed by atoms with Gasteiger partial charge < -0.3 is 15.3 Å². The zero-order valence-corrected chi connectivity index (χ0v) is 12.3. The third-order valence-electron chi connectivity index (χ3n) is 3.94. The molecule has 110 valence electrons. The van der Waals surface area contributed by atoms with Crippen molar-refractivity contribution in [2.75, 3.05) is 6.54 Å². The Kier molecular flexibility index (Phi) is 5.63. The number of carboxylic acids is 1. The van der Waals surface area contributed by atoms with E-state index in [9.17, 15) is 9.59 Å². The van der Waals surface area contributed by atoms with E-state index in [0.717, 1.165) is 12.8 Å². The molecule has 0 aromatic heterocycles. The third kappa shape index (κ3) is 4.40. The summed E-state index contributed by atoms with van der Waals surface area (Å²) in [6, 6.07) is -0.869. The van der Waals surface area contributed by atoms with Crippen molar-refractivity contribution in [3.63, 3.8) is 0 Å². The second kappa shape index (κ2) is 6.78. The van der Waals surface area contributed by atoms with Gasteiger partial charge in [-0.05, 0) is 38.0 Å². The van der Waals surface area contributed by atoms with E-state index in [1.807, 2.05) is 20.8 Å². The molecule has 0 radical (unpaired) electrons. The molecule has 1 aliphatic rings. The number of piperidine rings is 1. The van der Waals surface area contributed by atoms with Crippen molar-refractivity contribution in [1.82, 2.24) is 10.2 Å². The highest BCUT2D eigenvalue weighted by Crippen LogP contribution is 2.22. The minimum atomic E-state index is -0.959. The number of carbonyl (C=O) groups is 2. The van der Waals surface area contributed by atoms with Crippen LogP contribution in [0.2, 0.25) is 0 Å². The van der Waals surface area contributed by atoms with E-state index < -0.39 is 12.0 Å². The number of hydrogen-bond acceptors (Lipinski definition) is 2. The summed E-state index contributed by atoms with van der Waals surface area (Å²) in [7, 11) is 0. The van der Waals surface area contributed by atoms with Crippen LogP contribution in [0, 0.1) is 11.8 Å². The van der Waals surface area contributed by atoms with Crippen LogP contribution in [0.15, 0.2) is 0 Å². The number of likely N-dealkylation sites (tertiary alicyclic amines) is 1. The van der Waals surface area contributed by atoms with Gasteiger partial charge in [0.2, 0.25) is 0 Å². The molecule has 3 atom stereocenters. The van der Waals surface area contributed by atoms with Crippen molar-refractivity contribution in [2.24, 2.45) is 11.8 Å². The average Bonchev–Trinajstić information content (AvgIpc) is 2.31. The van der Waals surface area contributed by atoms with Crippen molar-refractivity contribution in [3.8, 4) is 0 Å². The molecule has 0 bridgehead atoms. The maximum atomic E-state index is 12.2. The lowest BCUT2D eigenvalue weighted by Gasteiger charge is -2.38. The van der Waals surface area contributed by atoms with E-state index in [0.29, 0.717) is 18.9 Å². The number of nitrogens with zero attached hydrogens (tertiary/aromatic N) is 1. The van der Waals surface area contributed by atoms with Gasteiger partial charge in [-0.15, -0.1) is 0 Å². The van der Waals surface area contributed by atoms with Crippen LogP contribution in [-0.4, -0.2) is 40.6 Å². The molecule has 0 saturated carbocycles. The Balaban J connectivity index is 2.63. The SMILES string of the molecule is CC(C)CC(NC(=O)N1CCCC(C)C1C)C(=O)O. The van der Waals surface area contributed by atoms with Crippen LogP contribution < -0.4 is 5.32 Å². The monoisotopic (exact) mass is 270 g/mol. The number of amides is 2. The van der Waals surface area contributed by atoms with Gasteiger partial charge in [-0.3, -0.25) is 0 Å². The molecule has 1 aliphatic heterocycles. The summed E-state index contributed by atoms with van der Waals surface area (Å²) < 4.78 is 0. The first kappa shape index (κ1) is 15.8. The van der Waals surface area contributed by atoms with Crippen molar-refractivity contribution in [1.29, 1.82) is 0 Å².